The number of benzene rings is 3. The van der Waals surface area contributed by atoms with Gasteiger partial charge in [-0.25, -0.2) is 34.3 Å². The summed E-state index contributed by atoms with van der Waals surface area (Å²) in [5.41, 5.74) is -9.09. The highest BCUT2D eigenvalue weighted by Gasteiger charge is 2.44. The molecule has 2 aliphatic carbocycles. The number of alkyl halides is 3. The maximum atomic E-state index is 17.2. The molecule has 13 heteroatoms. The smallest absolute Gasteiger partial charge is 0.238 e. The lowest BCUT2D eigenvalue weighted by Crippen LogP contribution is -2.08. The number of rotatable bonds is 2. The van der Waals surface area contributed by atoms with Gasteiger partial charge in [0.1, 0.15) is 18.0 Å². The zero-order valence-electron chi connectivity index (χ0n) is 25.0. The molecule has 3 aromatic carbocycles. The van der Waals surface area contributed by atoms with Gasteiger partial charge in [-0.05, 0) is 64.1 Å². The van der Waals surface area contributed by atoms with Crippen LogP contribution in [-0.4, -0.2) is 0 Å². The lowest BCUT2D eigenvalue weighted by Gasteiger charge is -2.17. The van der Waals surface area contributed by atoms with E-state index in [4.69, 9.17) is 26.3 Å². The second kappa shape index (κ2) is 12.2. The lowest BCUT2D eigenvalue weighted by molar-refractivity contribution is -0.137. The van der Waals surface area contributed by atoms with Crippen LogP contribution in [0.2, 0.25) is 0 Å². The van der Waals surface area contributed by atoms with E-state index in [2.05, 4.69) is 19.4 Å². The number of nitrogens with zero attached hydrogens (tertiary/aromatic N) is 9. The molecule has 5 rings (SSSR count). The minimum atomic E-state index is -5.08. The third-order valence-corrected chi connectivity index (χ3v) is 8.01. The SMILES string of the molecule is [C-]#[N+]C1=C(c2ccc(C)c([N+]#[C-])c2)/C(=C(/C#N)[N+]#[C-])c2c(C#N)c3c(c(F)c21)C(C#N)=C(c1ccc(C#N)c(C(F)(F)F)c1)/C3=C(\C#N)[N+]#[C-]. The Bertz CT molecular complexity index is 2660. The quantitative estimate of drug-likeness (QED) is 0.154. The van der Waals surface area contributed by atoms with Crippen molar-refractivity contribution in [2.45, 2.75) is 13.1 Å². The molecule has 0 atom stereocenters. The molecule has 230 valence electrons. The summed E-state index contributed by atoms with van der Waals surface area (Å²) in [4.78, 5) is 13.3. The minimum absolute atomic E-state index is 0.113. The predicted octanol–water partition coefficient (Wildman–Crippen LogP) is 9.00. The van der Waals surface area contributed by atoms with Crippen molar-refractivity contribution in [2.24, 2.45) is 0 Å². The Morgan fingerprint density at radius 1 is 0.700 bits per heavy atom. The first-order valence-corrected chi connectivity index (χ1v) is 13.6. The summed E-state index contributed by atoms with van der Waals surface area (Å²) in [6.45, 7) is 32.6. The molecule has 0 unspecified atom stereocenters. The lowest BCUT2D eigenvalue weighted by atomic mass is 9.85. The van der Waals surface area contributed by atoms with Crippen molar-refractivity contribution in [1.82, 2.24) is 0 Å². The van der Waals surface area contributed by atoms with Gasteiger partial charge in [-0.2, -0.15) is 29.0 Å². The average Bonchev–Trinajstić information content (AvgIpc) is 3.63. The van der Waals surface area contributed by atoms with Crippen LogP contribution in [0.25, 0.3) is 52.9 Å². The molecule has 9 nitrogen and oxygen atoms in total. The molecule has 0 saturated carbocycles. The second-order valence-electron chi connectivity index (χ2n) is 10.4. The van der Waals surface area contributed by atoms with Gasteiger partial charge in [0.15, 0.2) is 5.69 Å². The van der Waals surface area contributed by atoms with E-state index in [-0.39, 0.29) is 22.4 Å². The zero-order valence-corrected chi connectivity index (χ0v) is 25.0. The molecule has 0 heterocycles. The monoisotopic (exact) mass is 655 g/mol. The van der Waals surface area contributed by atoms with Crippen molar-refractivity contribution in [1.29, 1.82) is 26.3 Å². The van der Waals surface area contributed by atoms with Crippen LogP contribution in [0.4, 0.5) is 23.2 Å². The molecule has 2 aliphatic rings. The first-order chi connectivity index (χ1) is 23.9. The van der Waals surface area contributed by atoms with Crippen molar-refractivity contribution in [2.75, 3.05) is 0 Å². The molecule has 0 spiro atoms. The van der Waals surface area contributed by atoms with Gasteiger partial charge in [0.05, 0.1) is 66.8 Å². The zero-order chi connectivity index (χ0) is 36.7. The molecule has 3 aromatic rings. The van der Waals surface area contributed by atoms with E-state index < -0.39 is 90.3 Å². The van der Waals surface area contributed by atoms with Crippen LogP contribution in [0.1, 0.15) is 55.6 Å². The highest BCUT2D eigenvalue weighted by atomic mass is 19.4. The third-order valence-electron chi connectivity index (χ3n) is 8.01. The van der Waals surface area contributed by atoms with Crippen LogP contribution < -0.4 is 0 Å². The normalized spacial score (nSPS) is 14.6. The van der Waals surface area contributed by atoms with Gasteiger partial charge < -0.3 is 0 Å². The van der Waals surface area contributed by atoms with E-state index in [1.165, 1.54) is 24.3 Å². The number of nitriles is 5. The summed E-state index contributed by atoms with van der Waals surface area (Å²) in [6, 6.07) is 14.9. The molecule has 0 aromatic heterocycles. The largest absolute Gasteiger partial charge is 0.417 e. The van der Waals surface area contributed by atoms with Gasteiger partial charge in [0.2, 0.25) is 5.70 Å². The fourth-order valence-electron chi connectivity index (χ4n) is 5.99. The van der Waals surface area contributed by atoms with Gasteiger partial charge in [0.25, 0.3) is 11.4 Å². The van der Waals surface area contributed by atoms with E-state index in [0.29, 0.717) is 11.6 Å². The number of fused-ring (bicyclic) bond motifs is 2. The van der Waals surface area contributed by atoms with E-state index in [1.807, 2.05) is 6.07 Å². The van der Waals surface area contributed by atoms with Crippen molar-refractivity contribution >= 4 is 39.2 Å². The summed E-state index contributed by atoms with van der Waals surface area (Å²) in [7, 11) is 0. The van der Waals surface area contributed by atoms with Crippen molar-refractivity contribution < 1.29 is 17.6 Å². The fourth-order valence-corrected chi connectivity index (χ4v) is 5.99. The number of aryl methyl sites for hydroxylation is 1. The van der Waals surface area contributed by atoms with Crippen molar-refractivity contribution in [3.05, 3.63) is 155 Å². The van der Waals surface area contributed by atoms with Crippen LogP contribution in [0, 0.1) is 95.7 Å². The van der Waals surface area contributed by atoms with Gasteiger partial charge in [-0.15, -0.1) is 0 Å². The Morgan fingerprint density at radius 3 is 1.78 bits per heavy atom. The number of hydrogen-bond acceptors (Lipinski definition) is 5. The maximum absolute atomic E-state index is 17.2. The molecule has 0 radical (unpaired) electrons. The molecule has 50 heavy (non-hydrogen) atoms. The van der Waals surface area contributed by atoms with Crippen LogP contribution >= 0.6 is 0 Å². The van der Waals surface area contributed by atoms with E-state index in [0.717, 1.165) is 12.1 Å². The third kappa shape index (κ3) is 4.61. The minimum Gasteiger partial charge on any atom is -0.238 e. The first kappa shape index (κ1) is 33.1. The first-order valence-electron chi connectivity index (χ1n) is 13.6. The molecule has 0 bridgehead atoms. The van der Waals surface area contributed by atoms with E-state index in [1.54, 1.807) is 25.1 Å². The van der Waals surface area contributed by atoms with Crippen LogP contribution in [-0.2, 0) is 6.18 Å². The predicted molar refractivity (Wildman–Crippen MR) is 169 cm³/mol. The summed E-state index contributed by atoms with van der Waals surface area (Å²) in [5.74, 6) is -1.34. The Labute approximate surface area is 281 Å². The van der Waals surface area contributed by atoms with Crippen LogP contribution in [0.3, 0.4) is 0 Å². The summed E-state index contributed by atoms with van der Waals surface area (Å²) in [6.07, 6.45) is -5.08. The molecule has 0 saturated heterocycles. The molecular formula is C37H9F4N9. The van der Waals surface area contributed by atoms with Gasteiger partial charge in [0, 0.05) is 22.3 Å². The molecule has 0 fully saturated rings. The standard InChI is InChI=1S/C37H9F4N9/c1-17-6-7-19(11-24(17)47-2)28-33(26(16-46)49-4)30-22(14-44)29-31(35(38)34(30)36(28)50-5)21(13-43)27(32(29)25(15-45)48-3)18-8-9-20(12-42)23(10-18)37(39,40)41/h6-11H,1H3/b32-25-,33-26+. The topological polar surface area (TPSA) is 136 Å². The Balaban J connectivity index is 2.07. The Morgan fingerprint density at radius 2 is 1.28 bits per heavy atom. The summed E-state index contributed by atoms with van der Waals surface area (Å²) < 4.78 is 59.3. The Hall–Kier alpha value is -8.25. The second-order valence-corrected chi connectivity index (χ2v) is 10.4. The summed E-state index contributed by atoms with van der Waals surface area (Å²) in [5, 5.41) is 50.4. The fraction of sp³-hybridized carbons (Fsp3) is 0.0541. The highest BCUT2D eigenvalue weighted by molar-refractivity contribution is 6.30. The summed E-state index contributed by atoms with van der Waals surface area (Å²) >= 11 is 0. The number of allylic oxidation sites excluding steroid dienone is 7. The van der Waals surface area contributed by atoms with E-state index in [9.17, 15) is 39.5 Å². The number of halogens is 4. The van der Waals surface area contributed by atoms with Gasteiger partial charge in [-0.1, -0.05) is 18.2 Å². The Kier molecular flexibility index (Phi) is 8.06. The number of hydrogen-bond donors (Lipinski definition) is 0. The molecule has 0 aliphatic heterocycles. The van der Waals surface area contributed by atoms with Gasteiger partial charge >= 0.3 is 6.18 Å². The molecule has 0 N–H and O–H groups in total. The van der Waals surface area contributed by atoms with Gasteiger partial charge in [-0.3, -0.25) is 0 Å². The average molecular weight is 656 g/mol. The van der Waals surface area contributed by atoms with Crippen LogP contribution in [0.15, 0.2) is 47.8 Å². The molecule has 0 amide bonds. The van der Waals surface area contributed by atoms with Crippen LogP contribution in [0.5, 0.6) is 0 Å². The van der Waals surface area contributed by atoms with E-state index >= 15 is 4.39 Å². The maximum Gasteiger partial charge on any atom is 0.417 e. The van der Waals surface area contributed by atoms with Crippen molar-refractivity contribution in [3.8, 4) is 30.3 Å². The highest BCUT2D eigenvalue weighted by Crippen LogP contribution is 2.58. The van der Waals surface area contributed by atoms with Crippen molar-refractivity contribution in [3.63, 3.8) is 0 Å². The molecular weight excluding hydrogens is 646 g/mol.